The van der Waals surface area contributed by atoms with Crippen LogP contribution in [-0.4, -0.2) is 25.4 Å². The lowest BCUT2D eigenvalue weighted by Gasteiger charge is -2.09. The summed E-state index contributed by atoms with van der Waals surface area (Å²) in [5.41, 5.74) is 1.44. The Morgan fingerprint density at radius 1 is 1.00 bits per heavy atom. The highest BCUT2D eigenvalue weighted by Crippen LogP contribution is 2.14. The van der Waals surface area contributed by atoms with E-state index in [0.717, 1.165) is 5.69 Å². The summed E-state index contributed by atoms with van der Waals surface area (Å²) in [5.74, 6) is 0.237. The number of halogens is 1. The zero-order chi connectivity index (χ0) is 14.3. The molecule has 0 bridgehead atoms. The maximum atomic E-state index is 11.6. The zero-order valence-corrected chi connectivity index (χ0v) is 12.8. The molecule has 0 aromatic heterocycles. The van der Waals surface area contributed by atoms with Crippen molar-refractivity contribution in [1.29, 1.82) is 0 Å². The molecule has 0 fully saturated rings. The summed E-state index contributed by atoms with van der Waals surface area (Å²) in [6.45, 7) is 4.27. The van der Waals surface area contributed by atoms with E-state index < -0.39 is 0 Å². The number of anilines is 2. The van der Waals surface area contributed by atoms with Crippen molar-refractivity contribution in [3.63, 3.8) is 0 Å². The maximum absolute atomic E-state index is 11.6. The molecule has 6 heteroatoms. The molecule has 5 nitrogen and oxygen atoms in total. The van der Waals surface area contributed by atoms with Crippen LogP contribution >= 0.6 is 12.4 Å². The van der Waals surface area contributed by atoms with E-state index in [9.17, 15) is 9.59 Å². The predicted octanol–water partition coefficient (Wildman–Crippen LogP) is 2.25. The van der Waals surface area contributed by atoms with E-state index in [1.807, 2.05) is 13.8 Å². The second-order valence-electron chi connectivity index (χ2n) is 4.80. The zero-order valence-electron chi connectivity index (χ0n) is 12.0. The van der Waals surface area contributed by atoms with E-state index in [4.69, 9.17) is 0 Å². The smallest absolute Gasteiger partial charge is 0.238 e. The minimum absolute atomic E-state index is 0. The summed E-state index contributed by atoms with van der Waals surface area (Å²) in [6.07, 6.45) is 0.501. The van der Waals surface area contributed by atoms with Crippen molar-refractivity contribution in [2.75, 3.05) is 24.2 Å². The third kappa shape index (κ3) is 7.11. The molecule has 1 aromatic rings. The Balaban J connectivity index is 0.00000361. The van der Waals surface area contributed by atoms with Gasteiger partial charge in [0, 0.05) is 17.8 Å². The molecule has 0 aliphatic carbocycles. The number of amides is 2. The molecule has 112 valence electrons. The van der Waals surface area contributed by atoms with Gasteiger partial charge in [-0.05, 0) is 37.2 Å². The molecular weight excluding hydrogens is 278 g/mol. The van der Waals surface area contributed by atoms with Crippen molar-refractivity contribution in [1.82, 2.24) is 5.32 Å². The molecule has 3 N–H and O–H groups in total. The Morgan fingerprint density at radius 3 is 1.85 bits per heavy atom. The van der Waals surface area contributed by atoms with E-state index in [0.29, 0.717) is 18.0 Å². The van der Waals surface area contributed by atoms with Crippen molar-refractivity contribution in [3.8, 4) is 0 Å². The number of hydrogen-bond acceptors (Lipinski definition) is 3. The molecule has 20 heavy (non-hydrogen) atoms. The third-order valence-electron chi connectivity index (χ3n) is 2.38. The van der Waals surface area contributed by atoms with Gasteiger partial charge in [0.15, 0.2) is 0 Å². The molecule has 1 rings (SSSR count). The number of hydrogen-bond donors (Lipinski definition) is 3. The highest BCUT2D eigenvalue weighted by Gasteiger charge is 2.05. The average molecular weight is 300 g/mol. The van der Waals surface area contributed by atoms with Crippen LogP contribution in [-0.2, 0) is 9.59 Å². The van der Waals surface area contributed by atoms with Gasteiger partial charge in [-0.25, -0.2) is 0 Å². The van der Waals surface area contributed by atoms with E-state index in [1.54, 1.807) is 31.3 Å². The second kappa shape index (κ2) is 9.34. The lowest BCUT2D eigenvalue weighted by atomic mass is 10.1. The van der Waals surface area contributed by atoms with Crippen LogP contribution in [0.4, 0.5) is 11.4 Å². The fourth-order valence-electron chi connectivity index (χ4n) is 1.59. The van der Waals surface area contributed by atoms with Gasteiger partial charge in [0.1, 0.15) is 0 Å². The molecule has 0 unspecified atom stereocenters. The topological polar surface area (TPSA) is 70.2 Å². The minimum atomic E-state index is -0.0981. The fourth-order valence-corrected chi connectivity index (χ4v) is 1.59. The molecule has 0 aliphatic rings. The largest absolute Gasteiger partial charge is 0.326 e. The van der Waals surface area contributed by atoms with Crippen LogP contribution < -0.4 is 16.0 Å². The van der Waals surface area contributed by atoms with Gasteiger partial charge in [-0.3, -0.25) is 9.59 Å². The van der Waals surface area contributed by atoms with E-state index in [-0.39, 0.29) is 30.8 Å². The van der Waals surface area contributed by atoms with Crippen LogP contribution in [0.5, 0.6) is 0 Å². The molecule has 0 saturated carbocycles. The quantitative estimate of drug-likeness (QED) is 0.754. The first kappa shape index (κ1) is 18.4. The summed E-state index contributed by atoms with van der Waals surface area (Å²) in [6, 6.07) is 7.07. The van der Waals surface area contributed by atoms with Crippen LogP contribution in [0.25, 0.3) is 0 Å². The number of carbonyl (C=O) groups excluding carboxylic acids is 2. The summed E-state index contributed by atoms with van der Waals surface area (Å²) < 4.78 is 0. The van der Waals surface area contributed by atoms with Crippen LogP contribution in [0.15, 0.2) is 24.3 Å². The average Bonchev–Trinajstić information content (AvgIpc) is 2.31. The molecule has 2 amide bonds. The van der Waals surface area contributed by atoms with Crippen molar-refractivity contribution in [2.45, 2.75) is 20.3 Å². The first-order valence-electron chi connectivity index (χ1n) is 6.35. The highest BCUT2D eigenvalue weighted by atomic mass is 35.5. The monoisotopic (exact) mass is 299 g/mol. The highest BCUT2D eigenvalue weighted by molar-refractivity contribution is 5.93. The van der Waals surface area contributed by atoms with Gasteiger partial charge >= 0.3 is 0 Å². The Bertz CT molecular complexity index is 433. The lowest BCUT2D eigenvalue weighted by Crippen LogP contribution is -2.25. The molecule has 0 heterocycles. The number of rotatable bonds is 6. The standard InChI is InChI=1S/C14H21N3O2.ClH/c1-10(2)8-13(18)16-11-4-6-12(7-5-11)17-14(19)9-15-3;/h4-7,10,15H,8-9H2,1-3H3,(H,16,18)(H,17,19);1H. The van der Waals surface area contributed by atoms with E-state index in [1.165, 1.54) is 0 Å². The van der Waals surface area contributed by atoms with Gasteiger partial charge < -0.3 is 16.0 Å². The van der Waals surface area contributed by atoms with Gasteiger partial charge in [0.25, 0.3) is 0 Å². The van der Waals surface area contributed by atoms with Gasteiger partial charge in [0.2, 0.25) is 11.8 Å². The SMILES string of the molecule is CNCC(=O)Nc1ccc(NC(=O)CC(C)C)cc1.Cl. The Hall–Kier alpha value is -1.59. The van der Waals surface area contributed by atoms with Crippen LogP contribution in [0.2, 0.25) is 0 Å². The molecule has 0 saturated heterocycles. The molecule has 0 radical (unpaired) electrons. The maximum Gasteiger partial charge on any atom is 0.238 e. The predicted molar refractivity (Wildman–Crippen MR) is 84.3 cm³/mol. The molecule has 0 atom stereocenters. The van der Waals surface area contributed by atoms with Gasteiger partial charge in [-0.15, -0.1) is 12.4 Å². The van der Waals surface area contributed by atoms with Gasteiger partial charge in [-0.1, -0.05) is 13.8 Å². The normalized spacial score (nSPS) is 9.80. The summed E-state index contributed by atoms with van der Waals surface area (Å²) in [7, 11) is 1.72. The molecular formula is C14H22ClN3O2. The van der Waals surface area contributed by atoms with Crippen molar-refractivity contribution >= 4 is 35.6 Å². The minimum Gasteiger partial charge on any atom is -0.326 e. The lowest BCUT2D eigenvalue weighted by molar-refractivity contribution is -0.117. The van der Waals surface area contributed by atoms with Crippen molar-refractivity contribution < 1.29 is 9.59 Å². The molecule has 1 aromatic carbocycles. The van der Waals surface area contributed by atoms with Gasteiger partial charge in [0.05, 0.1) is 6.54 Å². The van der Waals surface area contributed by atoms with Crippen LogP contribution in [0.1, 0.15) is 20.3 Å². The number of benzene rings is 1. The van der Waals surface area contributed by atoms with Crippen molar-refractivity contribution in [2.24, 2.45) is 5.92 Å². The van der Waals surface area contributed by atoms with Crippen LogP contribution in [0, 0.1) is 5.92 Å². The number of carbonyl (C=O) groups is 2. The number of nitrogens with one attached hydrogen (secondary N) is 3. The van der Waals surface area contributed by atoms with Crippen molar-refractivity contribution in [3.05, 3.63) is 24.3 Å². The molecule has 0 spiro atoms. The summed E-state index contributed by atoms with van der Waals surface area (Å²) in [4.78, 5) is 22.9. The Morgan fingerprint density at radius 2 is 1.45 bits per heavy atom. The molecule has 0 aliphatic heterocycles. The summed E-state index contributed by atoms with van der Waals surface area (Å²) in [5, 5.41) is 8.33. The van der Waals surface area contributed by atoms with E-state index in [2.05, 4.69) is 16.0 Å². The first-order chi connectivity index (χ1) is 9.01. The van der Waals surface area contributed by atoms with Gasteiger partial charge in [-0.2, -0.15) is 0 Å². The van der Waals surface area contributed by atoms with Crippen LogP contribution in [0.3, 0.4) is 0 Å². The Labute approximate surface area is 125 Å². The first-order valence-corrected chi connectivity index (χ1v) is 6.35. The fraction of sp³-hybridized carbons (Fsp3) is 0.429. The number of likely N-dealkylation sites (N-methyl/N-ethyl adjacent to an activating group) is 1. The van der Waals surface area contributed by atoms with E-state index >= 15 is 0 Å². The third-order valence-corrected chi connectivity index (χ3v) is 2.38. The summed E-state index contributed by atoms with van der Waals surface area (Å²) >= 11 is 0. The second-order valence-corrected chi connectivity index (χ2v) is 4.80. The Kier molecular flexibility index (Phi) is 8.59.